The lowest BCUT2D eigenvalue weighted by atomic mass is 9.87. The fourth-order valence-electron chi connectivity index (χ4n) is 3.38. The summed E-state index contributed by atoms with van der Waals surface area (Å²) >= 11 is 0. The molecule has 1 aliphatic rings. The van der Waals surface area contributed by atoms with Crippen LogP contribution >= 0.6 is 0 Å². The van der Waals surface area contributed by atoms with Gasteiger partial charge in [-0.2, -0.15) is 5.10 Å². The Morgan fingerprint density at radius 2 is 2.24 bits per heavy atom. The summed E-state index contributed by atoms with van der Waals surface area (Å²) in [6.45, 7) is 5.94. The summed E-state index contributed by atoms with van der Waals surface area (Å²) in [6, 6.07) is 0. The molecule has 1 unspecified atom stereocenters. The summed E-state index contributed by atoms with van der Waals surface area (Å²) in [5, 5.41) is 7.91. The van der Waals surface area contributed by atoms with E-state index in [0.717, 1.165) is 50.8 Å². The van der Waals surface area contributed by atoms with Crippen molar-refractivity contribution >= 4 is 0 Å². The van der Waals surface area contributed by atoms with Crippen molar-refractivity contribution in [1.29, 1.82) is 0 Å². The number of ether oxygens (including phenoxy) is 1. The van der Waals surface area contributed by atoms with Crippen LogP contribution in [0.25, 0.3) is 0 Å². The average Bonchev–Trinajstić information content (AvgIpc) is 3.14. The summed E-state index contributed by atoms with van der Waals surface area (Å²) in [7, 11) is 1.75. The Morgan fingerprint density at radius 3 is 2.95 bits per heavy atom. The van der Waals surface area contributed by atoms with Crippen molar-refractivity contribution in [2.24, 2.45) is 11.8 Å². The molecule has 1 aliphatic carbocycles. The van der Waals surface area contributed by atoms with E-state index in [-0.39, 0.29) is 0 Å². The van der Waals surface area contributed by atoms with Gasteiger partial charge >= 0.3 is 0 Å². The van der Waals surface area contributed by atoms with E-state index in [9.17, 15) is 0 Å². The highest BCUT2D eigenvalue weighted by molar-refractivity contribution is 4.91. The van der Waals surface area contributed by atoms with Gasteiger partial charge in [0.15, 0.2) is 0 Å². The molecular weight excluding hydrogens is 264 g/mol. The Morgan fingerprint density at radius 1 is 1.43 bits per heavy atom. The minimum atomic E-state index is 0.671. The fourth-order valence-corrected chi connectivity index (χ4v) is 3.38. The Balaban J connectivity index is 1.92. The summed E-state index contributed by atoms with van der Waals surface area (Å²) in [5.41, 5.74) is 0. The van der Waals surface area contributed by atoms with E-state index in [1.807, 2.05) is 0 Å². The lowest BCUT2D eigenvalue weighted by Gasteiger charge is -2.23. The van der Waals surface area contributed by atoms with Crippen molar-refractivity contribution in [2.45, 2.75) is 52.0 Å². The predicted octanol–water partition coefficient (Wildman–Crippen LogP) is 2.27. The van der Waals surface area contributed by atoms with Crippen molar-refractivity contribution in [3.05, 3.63) is 12.2 Å². The molecule has 0 bridgehead atoms. The lowest BCUT2D eigenvalue weighted by molar-refractivity contribution is 0.194. The van der Waals surface area contributed by atoms with Crippen LogP contribution in [0.5, 0.6) is 0 Å². The SMILES string of the molecule is CCCn1ncnc1CC(CNCCOC)C1CCCC1. The molecule has 1 heterocycles. The third-order valence-electron chi connectivity index (χ3n) is 4.53. The molecule has 0 aromatic carbocycles. The lowest BCUT2D eigenvalue weighted by Crippen LogP contribution is -2.31. The molecule has 0 spiro atoms. The van der Waals surface area contributed by atoms with Gasteiger partial charge < -0.3 is 10.1 Å². The number of methoxy groups -OCH3 is 1. The molecule has 2 rings (SSSR count). The molecular formula is C16H30N4O. The zero-order chi connectivity index (χ0) is 14.9. The number of nitrogens with zero attached hydrogens (tertiary/aromatic N) is 3. The molecule has 1 saturated carbocycles. The number of nitrogens with one attached hydrogen (secondary N) is 1. The van der Waals surface area contributed by atoms with Gasteiger partial charge in [-0.3, -0.25) is 4.68 Å². The molecule has 1 atom stereocenters. The molecule has 0 amide bonds. The van der Waals surface area contributed by atoms with Crippen LogP contribution in [0.2, 0.25) is 0 Å². The Hall–Kier alpha value is -0.940. The van der Waals surface area contributed by atoms with Crippen LogP contribution in [-0.2, 0) is 17.7 Å². The number of hydrogen-bond donors (Lipinski definition) is 1. The smallest absolute Gasteiger partial charge is 0.138 e. The quantitative estimate of drug-likeness (QED) is 0.673. The molecule has 0 radical (unpaired) electrons. The molecule has 1 aromatic rings. The van der Waals surface area contributed by atoms with Gasteiger partial charge in [-0.15, -0.1) is 0 Å². The molecule has 0 aliphatic heterocycles. The Kier molecular flexibility index (Phi) is 7.16. The summed E-state index contributed by atoms with van der Waals surface area (Å²) in [4.78, 5) is 4.49. The van der Waals surface area contributed by atoms with E-state index in [4.69, 9.17) is 4.74 Å². The van der Waals surface area contributed by atoms with Gasteiger partial charge in [0.2, 0.25) is 0 Å². The molecule has 1 N–H and O–H groups in total. The van der Waals surface area contributed by atoms with Crippen LogP contribution in [0, 0.1) is 11.8 Å². The minimum absolute atomic E-state index is 0.671. The first kappa shape index (κ1) is 16.4. The Labute approximate surface area is 128 Å². The third kappa shape index (κ3) is 5.08. The van der Waals surface area contributed by atoms with E-state index in [1.54, 1.807) is 13.4 Å². The van der Waals surface area contributed by atoms with Crippen LogP contribution in [0.1, 0.15) is 44.9 Å². The van der Waals surface area contributed by atoms with Gasteiger partial charge in [0.05, 0.1) is 6.61 Å². The van der Waals surface area contributed by atoms with E-state index in [0.29, 0.717) is 5.92 Å². The predicted molar refractivity (Wildman–Crippen MR) is 84.2 cm³/mol. The molecule has 5 heteroatoms. The summed E-state index contributed by atoms with van der Waals surface area (Å²) in [6.07, 6.45) is 9.38. The van der Waals surface area contributed by atoms with Crippen LogP contribution in [0.15, 0.2) is 6.33 Å². The highest BCUT2D eigenvalue weighted by Gasteiger charge is 2.26. The van der Waals surface area contributed by atoms with Gasteiger partial charge in [0, 0.05) is 26.6 Å². The first-order valence-corrected chi connectivity index (χ1v) is 8.41. The van der Waals surface area contributed by atoms with Crippen molar-refractivity contribution in [2.75, 3.05) is 26.8 Å². The second kappa shape index (κ2) is 9.15. The maximum atomic E-state index is 5.12. The number of rotatable bonds is 10. The molecule has 5 nitrogen and oxygen atoms in total. The van der Waals surface area contributed by atoms with Gasteiger partial charge in [-0.05, 0) is 24.8 Å². The minimum Gasteiger partial charge on any atom is -0.383 e. The van der Waals surface area contributed by atoms with Crippen LogP contribution < -0.4 is 5.32 Å². The van der Waals surface area contributed by atoms with E-state index >= 15 is 0 Å². The molecule has 0 saturated heterocycles. The molecule has 21 heavy (non-hydrogen) atoms. The highest BCUT2D eigenvalue weighted by Crippen LogP contribution is 2.32. The Bertz CT molecular complexity index is 387. The van der Waals surface area contributed by atoms with E-state index in [2.05, 4.69) is 27.0 Å². The van der Waals surface area contributed by atoms with Crippen LogP contribution in [-0.4, -0.2) is 41.6 Å². The van der Waals surface area contributed by atoms with Crippen LogP contribution in [0.3, 0.4) is 0 Å². The third-order valence-corrected chi connectivity index (χ3v) is 4.53. The molecule has 1 fully saturated rings. The van der Waals surface area contributed by atoms with Crippen molar-refractivity contribution in [3.8, 4) is 0 Å². The van der Waals surface area contributed by atoms with Crippen molar-refractivity contribution in [1.82, 2.24) is 20.1 Å². The highest BCUT2D eigenvalue weighted by atomic mass is 16.5. The number of aryl methyl sites for hydroxylation is 1. The van der Waals surface area contributed by atoms with Crippen LogP contribution in [0.4, 0.5) is 0 Å². The zero-order valence-corrected chi connectivity index (χ0v) is 13.6. The zero-order valence-electron chi connectivity index (χ0n) is 13.6. The second-order valence-electron chi connectivity index (χ2n) is 6.11. The number of hydrogen-bond acceptors (Lipinski definition) is 4. The monoisotopic (exact) mass is 294 g/mol. The normalized spacial score (nSPS) is 17.4. The van der Waals surface area contributed by atoms with Gasteiger partial charge in [0.25, 0.3) is 0 Å². The number of aromatic nitrogens is 3. The maximum Gasteiger partial charge on any atom is 0.138 e. The standard InChI is InChI=1S/C16H30N4O/c1-3-9-20-16(18-13-19-20)11-15(12-17-8-10-21-2)14-6-4-5-7-14/h13-15,17H,3-12H2,1-2H3. The topological polar surface area (TPSA) is 52.0 Å². The van der Waals surface area contributed by atoms with E-state index in [1.165, 1.54) is 25.7 Å². The molecule has 1 aromatic heterocycles. The molecule has 120 valence electrons. The van der Waals surface area contributed by atoms with Gasteiger partial charge in [0.1, 0.15) is 12.2 Å². The van der Waals surface area contributed by atoms with Gasteiger partial charge in [-0.25, -0.2) is 4.98 Å². The van der Waals surface area contributed by atoms with Crippen molar-refractivity contribution in [3.63, 3.8) is 0 Å². The first-order valence-electron chi connectivity index (χ1n) is 8.41. The average molecular weight is 294 g/mol. The summed E-state index contributed by atoms with van der Waals surface area (Å²) < 4.78 is 7.20. The second-order valence-corrected chi connectivity index (χ2v) is 6.11. The largest absolute Gasteiger partial charge is 0.383 e. The van der Waals surface area contributed by atoms with Crippen molar-refractivity contribution < 1.29 is 4.74 Å². The van der Waals surface area contributed by atoms with Gasteiger partial charge in [-0.1, -0.05) is 32.6 Å². The summed E-state index contributed by atoms with van der Waals surface area (Å²) in [5.74, 6) is 2.67. The fraction of sp³-hybridized carbons (Fsp3) is 0.875. The maximum absolute atomic E-state index is 5.12. The van der Waals surface area contributed by atoms with E-state index < -0.39 is 0 Å². The first-order chi connectivity index (χ1) is 10.3.